The first-order chi connectivity index (χ1) is 12.8. The number of aromatic nitrogens is 3. The summed E-state index contributed by atoms with van der Waals surface area (Å²) in [5, 5.41) is 14.9. The Hall–Kier alpha value is -1.68. The van der Waals surface area contributed by atoms with Gasteiger partial charge in [-0.05, 0) is 31.9 Å². The fourth-order valence-corrected chi connectivity index (χ4v) is 3.43. The van der Waals surface area contributed by atoms with Crippen molar-refractivity contribution in [2.45, 2.75) is 45.4 Å². The van der Waals surface area contributed by atoms with E-state index in [-0.39, 0.29) is 24.0 Å². The fraction of sp³-hybridized carbons (Fsp3) is 0.526. The van der Waals surface area contributed by atoms with Crippen LogP contribution >= 0.6 is 24.0 Å². The number of nitrogens with zero attached hydrogens (tertiary/aromatic N) is 5. The molecule has 1 fully saturated rings. The lowest BCUT2D eigenvalue weighted by Crippen LogP contribution is -2.44. The smallest absolute Gasteiger partial charge is 0.191 e. The van der Waals surface area contributed by atoms with Gasteiger partial charge in [0.25, 0.3) is 0 Å². The molecule has 2 aromatic rings. The third-order valence-electron chi connectivity index (χ3n) is 4.91. The first-order valence-electron chi connectivity index (χ1n) is 9.39. The number of aliphatic imine (C=N–C) groups is 1. The molecule has 1 aliphatic rings. The van der Waals surface area contributed by atoms with Crippen molar-refractivity contribution in [3.63, 3.8) is 0 Å². The first kappa shape index (κ1) is 21.6. The molecular formula is C19H30IN7. The number of aryl methyl sites for hydroxylation is 1. The lowest BCUT2D eigenvalue weighted by atomic mass is 10.2. The molecule has 1 saturated heterocycles. The SMILES string of the molecule is CCn1cnnc1CNC(=NC)NCC1CCCN1Cc1ccccc1.I. The Bertz CT molecular complexity index is 701. The van der Waals surface area contributed by atoms with Gasteiger partial charge in [-0.1, -0.05) is 30.3 Å². The minimum absolute atomic E-state index is 0. The summed E-state index contributed by atoms with van der Waals surface area (Å²) in [6.45, 7) is 6.64. The summed E-state index contributed by atoms with van der Waals surface area (Å²) < 4.78 is 2.03. The minimum Gasteiger partial charge on any atom is -0.355 e. The molecule has 3 rings (SSSR count). The Morgan fingerprint density at radius 3 is 2.81 bits per heavy atom. The summed E-state index contributed by atoms with van der Waals surface area (Å²) in [7, 11) is 1.80. The Morgan fingerprint density at radius 2 is 2.07 bits per heavy atom. The maximum Gasteiger partial charge on any atom is 0.191 e. The highest BCUT2D eigenvalue weighted by Crippen LogP contribution is 2.19. The van der Waals surface area contributed by atoms with Crippen molar-refractivity contribution in [3.8, 4) is 0 Å². The van der Waals surface area contributed by atoms with Crippen LogP contribution < -0.4 is 10.6 Å². The molecule has 148 valence electrons. The maximum absolute atomic E-state index is 4.33. The zero-order valence-electron chi connectivity index (χ0n) is 16.1. The van der Waals surface area contributed by atoms with Crippen molar-refractivity contribution in [1.29, 1.82) is 0 Å². The van der Waals surface area contributed by atoms with Crippen LogP contribution in [0.3, 0.4) is 0 Å². The Kier molecular flexibility index (Phi) is 8.99. The Labute approximate surface area is 178 Å². The van der Waals surface area contributed by atoms with Crippen LogP contribution in [0, 0.1) is 0 Å². The van der Waals surface area contributed by atoms with E-state index in [1.807, 2.05) is 4.57 Å². The molecule has 2 heterocycles. The van der Waals surface area contributed by atoms with E-state index in [1.165, 1.54) is 18.4 Å². The average Bonchev–Trinajstić information content (AvgIpc) is 3.32. The summed E-state index contributed by atoms with van der Waals surface area (Å²) >= 11 is 0. The van der Waals surface area contributed by atoms with E-state index in [0.717, 1.165) is 38.0 Å². The number of nitrogens with one attached hydrogen (secondary N) is 2. The molecule has 8 heteroatoms. The van der Waals surface area contributed by atoms with Crippen molar-refractivity contribution in [3.05, 3.63) is 48.0 Å². The Morgan fingerprint density at radius 1 is 1.26 bits per heavy atom. The van der Waals surface area contributed by atoms with Crippen LogP contribution in [0.1, 0.15) is 31.2 Å². The van der Waals surface area contributed by atoms with Gasteiger partial charge in [0.2, 0.25) is 0 Å². The number of halogens is 1. The summed E-state index contributed by atoms with van der Waals surface area (Å²) in [6, 6.07) is 11.2. The molecule has 0 radical (unpaired) electrons. The molecule has 0 bridgehead atoms. The average molecular weight is 483 g/mol. The second-order valence-corrected chi connectivity index (χ2v) is 6.59. The summed E-state index contributed by atoms with van der Waals surface area (Å²) in [5.74, 6) is 1.73. The number of hydrogen-bond acceptors (Lipinski definition) is 4. The molecule has 1 aromatic carbocycles. The van der Waals surface area contributed by atoms with Crippen LogP contribution in [-0.2, 0) is 19.6 Å². The van der Waals surface area contributed by atoms with Gasteiger partial charge in [0.05, 0.1) is 6.54 Å². The van der Waals surface area contributed by atoms with Gasteiger partial charge in [0, 0.05) is 32.7 Å². The molecule has 1 aliphatic heterocycles. The number of hydrogen-bond donors (Lipinski definition) is 2. The monoisotopic (exact) mass is 483 g/mol. The van der Waals surface area contributed by atoms with Crippen LogP contribution in [0.5, 0.6) is 0 Å². The van der Waals surface area contributed by atoms with E-state index in [2.05, 4.69) is 68.0 Å². The van der Waals surface area contributed by atoms with Crippen LogP contribution in [0.2, 0.25) is 0 Å². The second kappa shape index (κ2) is 11.2. The summed E-state index contributed by atoms with van der Waals surface area (Å²) in [5.41, 5.74) is 1.38. The predicted octanol–water partition coefficient (Wildman–Crippen LogP) is 2.25. The highest BCUT2D eigenvalue weighted by atomic mass is 127. The Balaban J connectivity index is 0.00000261. The minimum atomic E-state index is 0. The summed E-state index contributed by atoms with van der Waals surface area (Å²) in [4.78, 5) is 6.89. The van der Waals surface area contributed by atoms with Crippen LogP contribution in [0.25, 0.3) is 0 Å². The van der Waals surface area contributed by atoms with Crippen molar-refractivity contribution < 1.29 is 0 Å². The van der Waals surface area contributed by atoms with Gasteiger partial charge >= 0.3 is 0 Å². The predicted molar refractivity (Wildman–Crippen MR) is 119 cm³/mol. The molecule has 0 spiro atoms. The third kappa shape index (κ3) is 6.17. The van der Waals surface area contributed by atoms with Gasteiger partial charge in [-0.2, -0.15) is 0 Å². The highest BCUT2D eigenvalue weighted by molar-refractivity contribution is 14.0. The molecule has 1 aromatic heterocycles. The number of guanidine groups is 1. The first-order valence-corrected chi connectivity index (χ1v) is 9.39. The number of benzene rings is 1. The lowest BCUT2D eigenvalue weighted by molar-refractivity contribution is 0.245. The van der Waals surface area contributed by atoms with Crippen molar-refractivity contribution >= 4 is 29.9 Å². The van der Waals surface area contributed by atoms with E-state index in [1.54, 1.807) is 13.4 Å². The zero-order chi connectivity index (χ0) is 18.2. The number of rotatable bonds is 7. The molecule has 1 atom stereocenters. The lowest BCUT2D eigenvalue weighted by Gasteiger charge is -2.25. The van der Waals surface area contributed by atoms with E-state index in [9.17, 15) is 0 Å². The standard InChI is InChI=1S/C19H29N7.HI/c1-3-25-15-23-24-18(25)13-22-19(20-2)21-12-17-10-7-11-26(17)14-16-8-5-4-6-9-16;/h4-6,8-9,15,17H,3,7,10-14H2,1-2H3,(H2,20,21,22);1H. The largest absolute Gasteiger partial charge is 0.355 e. The molecular weight excluding hydrogens is 453 g/mol. The topological polar surface area (TPSA) is 70.4 Å². The van der Waals surface area contributed by atoms with Crippen LogP contribution in [0.15, 0.2) is 41.7 Å². The van der Waals surface area contributed by atoms with Gasteiger partial charge in [0.1, 0.15) is 6.33 Å². The van der Waals surface area contributed by atoms with E-state index < -0.39 is 0 Å². The van der Waals surface area contributed by atoms with E-state index in [4.69, 9.17) is 0 Å². The molecule has 0 saturated carbocycles. The molecule has 2 N–H and O–H groups in total. The number of likely N-dealkylation sites (tertiary alicyclic amines) is 1. The van der Waals surface area contributed by atoms with Gasteiger partial charge in [0.15, 0.2) is 11.8 Å². The highest BCUT2D eigenvalue weighted by Gasteiger charge is 2.24. The third-order valence-corrected chi connectivity index (χ3v) is 4.91. The van der Waals surface area contributed by atoms with Crippen molar-refractivity contribution in [2.24, 2.45) is 4.99 Å². The van der Waals surface area contributed by atoms with Gasteiger partial charge in [-0.25, -0.2) is 0 Å². The molecule has 1 unspecified atom stereocenters. The van der Waals surface area contributed by atoms with Gasteiger partial charge in [-0.15, -0.1) is 34.2 Å². The van der Waals surface area contributed by atoms with Crippen LogP contribution in [0.4, 0.5) is 0 Å². The maximum atomic E-state index is 4.33. The zero-order valence-corrected chi connectivity index (χ0v) is 18.5. The quantitative estimate of drug-likeness (QED) is 0.359. The van der Waals surface area contributed by atoms with E-state index in [0.29, 0.717) is 12.6 Å². The fourth-order valence-electron chi connectivity index (χ4n) is 3.43. The van der Waals surface area contributed by atoms with Crippen molar-refractivity contribution in [2.75, 3.05) is 20.1 Å². The molecule has 27 heavy (non-hydrogen) atoms. The van der Waals surface area contributed by atoms with E-state index >= 15 is 0 Å². The molecule has 0 aliphatic carbocycles. The van der Waals surface area contributed by atoms with Gasteiger partial charge in [-0.3, -0.25) is 9.89 Å². The van der Waals surface area contributed by atoms with Gasteiger partial charge < -0.3 is 15.2 Å². The van der Waals surface area contributed by atoms with Crippen LogP contribution in [-0.4, -0.2) is 51.8 Å². The second-order valence-electron chi connectivity index (χ2n) is 6.59. The summed E-state index contributed by atoms with van der Waals surface area (Å²) in [6.07, 6.45) is 4.24. The molecule has 0 amide bonds. The van der Waals surface area contributed by atoms with Crippen molar-refractivity contribution in [1.82, 2.24) is 30.3 Å². The molecule has 7 nitrogen and oxygen atoms in total. The normalized spacial score (nSPS) is 17.6.